The minimum absolute atomic E-state index is 0.0853. The Hall–Kier alpha value is -0.320. The summed E-state index contributed by atoms with van der Waals surface area (Å²) in [6.45, 7) is 6.44. The van der Waals surface area contributed by atoms with Crippen LogP contribution in [0.3, 0.4) is 0 Å². The molecular formula is C12H16BrClFNO. The second-order valence-electron chi connectivity index (χ2n) is 4.14. The third-order valence-corrected chi connectivity index (χ3v) is 2.97. The summed E-state index contributed by atoms with van der Waals surface area (Å²) in [5.74, 6) is 0.605. The number of ether oxygens (including phenoxy) is 1. The van der Waals surface area contributed by atoms with Crippen LogP contribution < -0.4 is 10.1 Å². The Morgan fingerprint density at radius 2 is 2.18 bits per heavy atom. The lowest BCUT2D eigenvalue weighted by Gasteiger charge is -2.10. The maximum Gasteiger partial charge on any atom is 0.145 e. The van der Waals surface area contributed by atoms with Crippen LogP contribution in [0, 0.1) is 11.7 Å². The van der Waals surface area contributed by atoms with Gasteiger partial charge in [-0.2, -0.15) is 0 Å². The van der Waals surface area contributed by atoms with Crippen LogP contribution in [0.2, 0.25) is 5.02 Å². The molecule has 96 valence electrons. The molecule has 0 aliphatic carbocycles. The van der Waals surface area contributed by atoms with Gasteiger partial charge in [-0.05, 0) is 34.5 Å². The first-order valence-corrected chi connectivity index (χ1v) is 6.66. The second kappa shape index (κ2) is 7.19. The number of halogens is 3. The van der Waals surface area contributed by atoms with Crippen LogP contribution in [0.1, 0.15) is 13.8 Å². The van der Waals surface area contributed by atoms with Crippen LogP contribution in [0.25, 0.3) is 0 Å². The molecule has 1 aromatic carbocycles. The Balaban J connectivity index is 2.39. The van der Waals surface area contributed by atoms with Crippen molar-refractivity contribution < 1.29 is 9.13 Å². The zero-order chi connectivity index (χ0) is 12.8. The maximum atomic E-state index is 13.2. The highest BCUT2D eigenvalue weighted by atomic mass is 79.9. The van der Waals surface area contributed by atoms with Gasteiger partial charge in [0.15, 0.2) is 0 Å². The number of rotatable bonds is 6. The molecule has 5 heteroatoms. The van der Waals surface area contributed by atoms with E-state index in [2.05, 4.69) is 35.1 Å². The Morgan fingerprint density at radius 3 is 2.82 bits per heavy atom. The Labute approximate surface area is 115 Å². The van der Waals surface area contributed by atoms with Gasteiger partial charge in [-0.3, -0.25) is 0 Å². The van der Waals surface area contributed by atoms with Gasteiger partial charge in [0.2, 0.25) is 0 Å². The van der Waals surface area contributed by atoms with Gasteiger partial charge in [-0.25, -0.2) is 4.39 Å². The summed E-state index contributed by atoms with van der Waals surface area (Å²) in [6, 6.07) is 2.78. The molecule has 0 bridgehead atoms. The van der Waals surface area contributed by atoms with E-state index in [0.717, 1.165) is 13.1 Å². The molecule has 0 saturated carbocycles. The average Bonchev–Trinajstić information content (AvgIpc) is 2.24. The SMILES string of the molecule is CC(C)CNCCOc1cc(F)c(Cl)cc1Br. The minimum atomic E-state index is -0.472. The van der Waals surface area contributed by atoms with Crippen LogP contribution in [0.5, 0.6) is 5.75 Å². The van der Waals surface area contributed by atoms with Crippen LogP contribution in [0.15, 0.2) is 16.6 Å². The topological polar surface area (TPSA) is 21.3 Å². The van der Waals surface area contributed by atoms with E-state index in [9.17, 15) is 4.39 Å². The largest absolute Gasteiger partial charge is 0.491 e. The summed E-state index contributed by atoms with van der Waals surface area (Å²) >= 11 is 8.91. The molecule has 0 saturated heterocycles. The van der Waals surface area contributed by atoms with Crippen molar-refractivity contribution >= 4 is 27.5 Å². The lowest BCUT2D eigenvalue weighted by molar-refractivity contribution is 0.307. The van der Waals surface area contributed by atoms with Gasteiger partial charge < -0.3 is 10.1 Å². The van der Waals surface area contributed by atoms with Crippen molar-refractivity contribution in [2.75, 3.05) is 19.7 Å². The molecule has 0 radical (unpaired) electrons. The molecule has 0 atom stereocenters. The highest BCUT2D eigenvalue weighted by molar-refractivity contribution is 9.10. The first-order chi connectivity index (χ1) is 8.00. The van der Waals surface area contributed by atoms with Crippen molar-refractivity contribution in [2.24, 2.45) is 5.92 Å². The monoisotopic (exact) mass is 323 g/mol. The van der Waals surface area contributed by atoms with Crippen LogP contribution in [-0.2, 0) is 0 Å². The fraction of sp³-hybridized carbons (Fsp3) is 0.500. The van der Waals surface area contributed by atoms with Crippen molar-refractivity contribution in [3.63, 3.8) is 0 Å². The van der Waals surface area contributed by atoms with Crippen molar-refractivity contribution in [2.45, 2.75) is 13.8 Å². The fourth-order valence-electron chi connectivity index (χ4n) is 1.24. The second-order valence-corrected chi connectivity index (χ2v) is 5.40. The molecule has 1 N–H and O–H groups in total. The average molecular weight is 325 g/mol. The van der Waals surface area contributed by atoms with E-state index in [1.165, 1.54) is 12.1 Å². The molecule has 0 aliphatic heterocycles. The summed E-state index contributed by atoms with van der Waals surface area (Å²) in [7, 11) is 0. The summed E-state index contributed by atoms with van der Waals surface area (Å²) < 4.78 is 19.3. The van der Waals surface area contributed by atoms with E-state index >= 15 is 0 Å². The van der Waals surface area contributed by atoms with Gasteiger partial charge in [0.1, 0.15) is 18.2 Å². The van der Waals surface area contributed by atoms with Crippen molar-refractivity contribution in [3.8, 4) is 5.75 Å². The predicted molar refractivity (Wildman–Crippen MR) is 72.3 cm³/mol. The zero-order valence-corrected chi connectivity index (χ0v) is 12.2. The van der Waals surface area contributed by atoms with Gasteiger partial charge in [0.25, 0.3) is 0 Å². The lowest BCUT2D eigenvalue weighted by atomic mass is 10.2. The molecule has 1 aromatic rings. The van der Waals surface area contributed by atoms with Gasteiger partial charge >= 0.3 is 0 Å². The van der Waals surface area contributed by atoms with Gasteiger partial charge in [0.05, 0.1) is 9.50 Å². The summed E-state index contributed by atoms with van der Waals surface area (Å²) in [4.78, 5) is 0. The minimum Gasteiger partial charge on any atom is -0.491 e. The number of benzene rings is 1. The van der Waals surface area contributed by atoms with Crippen LogP contribution >= 0.6 is 27.5 Å². The number of hydrogen-bond acceptors (Lipinski definition) is 2. The van der Waals surface area contributed by atoms with E-state index in [1.807, 2.05) is 0 Å². The van der Waals surface area contributed by atoms with E-state index < -0.39 is 5.82 Å². The Morgan fingerprint density at radius 1 is 1.47 bits per heavy atom. The lowest BCUT2D eigenvalue weighted by Crippen LogP contribution is -2.25. The third kappa shape index (κ3) is 5.23. The van der Waals surface area contributed by atoms with Crippen LogP contribution in [-0.4, -0.2) is 19.7 Å². The van der Waals surface area contributed by atoms with Crippen molar-refractivity contribution in [3.05, 3.63) is 27.4 Å². The van der Waals surface area contributed by atoms with Crippen LogP contribution in [0.4, 0.5) is 4.39 Å². The first kappa shape index (κ1) is 14.7. The van der Waals surface area contributed by atoms with E-state index in [1.54, 1.807) is 0 Å². The molecule has 0 unspecified atom stereocenters. The molecule has 0 amide bonds. The van der Waals surface area contributed by atoms with Crippen molar-refractivity contribution in [1.29, 1.82) is 0 Å². The summed E-state index contributed by atoms with van der Waals surface area (Å²) in [5.41, 5.74) is 0. The maximum absolute atomic E-state index is 13.2. The first-order valence-electron chi connectivity index (χ1n) is 5.48. The highest BCUT2D eigenvalue weighted by Crippen LogP contribution is 2.30. The fourth-order valence-corrected chi connectivity index (χ4v) is 1.99. The standard InChI is InChI=1S/C12H16BrClFNO/c1-8(2)7-16-3-4-17-12-6-11(15)10(14)5-9(12)13/h5-6,8,16H,3-4,7H2,1-2H3. The zero-order valence-electron chi connectivity index (χ0n) is 9.90. The molecule has 0 spiro atoms. The molecule has 0 fully saturated rings. The summed E-state index contributed by atoms with van der Waals surface area (Å²) in [5, 5.41) is 3.33. The quantitative estimate of drug-likeness (QED) is 0.633. The molecule has 1 rings (SSSR count). The molecular weight excluding hydrogens is 308 g/mol. The smallest absolute Gasteiger partial charge is 0.145 e. The Kier molecular flexibility index (Phi) is 6.23. The van der Waals surface area contributed by atoms with E-state index in [0.29, 0.717) is 22.7 Å². The molecule has 0 aliphatic rings. The van der Waals surface area contributed by atoms with Crippen molar-refractivity contribution in [1.82, 2.24) is 5.32 Å². The van der Waals surface area contributed by atoms with Gasteiger partial charge in [-0.1, -0.05) is 25.4 Å². The highest BCUT2D eigenvalue weighted by Gasteiger charge is 2.07. The number of hydrogen-bond donors (Lipinski definition) is 1. The van der Waals surface area contributed by atoms with E-state index in [4.69, 9.17) is 16.3 Å². The Bertz CT molecular complexity index is 374. The molecule has 0 heterocycles. The van der Waals surface area contributed by atoms with Gasteiger partial charge in [-0.15, -0.1) is 0 Å². The van der Waals surface area contributed by atoms with E-state index in [-0.39, 0.29) is 5.02 Å². The summed E-state index contributed by atoms with van der Waals surface area (Å²) in [6.07, 6.45) is 0. The normalized spacial score (nSPS) is 10.9. The number of nitrogens with one attached hydrogen (secondary N) is 1. The third-order valence-electron chi connectivity index (χ3n) is 2.06. The molecule has 0 aromatic heterocycles. The predicted octanol–water partition coefficient (Wildman–Crippen LogP) is 3.87. The van der Waals surface area contributed by atoms with Gasteiger partial charge in [0, 0.05) is 12.6 Å². The molecule has 17 heavy (non-hydrogen) atoms. The molecule has 2 nitrogen and oxygen atoms in total.